The molecule has 1 heterocycles. The molecular weight excluding hydrogens is 207 g/mol. The third-order valence-electron chi connectivity index (χ3n) is 2.14. The predicted molar refractivity (Wildman–Crippen MR) is 50.1 cm³/mol. The quantitative estimate of drug-likeness (QED) is 0.684. The summed E-state index contributed by atoms with van der Waals surface area (Å²) in [4.78, 5) is 0. The van der Waals surface area contributed by atoms with Gasteiger partial charge in [-0.15, -0.1) is 0 Å². The monoisotopic (exact) mass is 215 g/mol. The minimum Gasteiger partial charge on any atom is -0.399 e. The van der Waals surface area contributed by atoms with E-state index in [9.17, 15) is 13.2 Å². The van der Waals surface area contributed by atoms with Crippen LogP contribution in [-0.2, 0) is 13.2 Å². The Morgan fingerprint density at radius 1 is 1.33 bits per heavy atom. The molecular formula is C9H8F3N3. The lowest BCUT2D eigenvalue weighted by Crippen LogP contribution is -2.06. The van der Waals surface area contributed by atoms with Crippen molar-refractivity contribution in [2.24, 2.45) is 7.05 Å². The molecule has 15 heavy (non-hydrogen) atoms. The summed E-state index contributed by atoms with van der Waals surface area (Å²) in [5.41, 5.74) is 5.41. The molecule has 0 amide bonds. The topological polar surface area (TPSA) is 43.8 Å². The number of aryl methyl sites for hydroxylation is 1. The van der Waals surface area contributed by atoms with E-state index in [1.54, 1.807) is 0 Å². The molecule has 0 bridgehead atoms. The second-order valence-corrected chi connectivity index (χ2v) is 3.25. The lowest BCUT2D eigenvalue weighted by molar-refractivity contribution is -0.140. The van der Waals surface area contributed by atoms with Gasteiger partial charge in [0.15, 0.2) is 5.69 Å². The van der Waals surface area contributed by atoms with Gasteiger partial charge in [-0.1, -0.05) is 0 Å². The molecule has 0 spiro atoms. The Bertz CT molecular complexity index is 513. The fraction of sp³-hybridized carbons (Fsp3) is 0.222. The molecule has 0 aliphatic heterocycles. The minimum absolute atomic E-state index is 0.0687. The van der Waals surface area contributed by atoms with Gasteiger partial charge in [-0.3, -0.25) is 4.68 Å². The van der Waals surface area contributed by atoms with Crippen molar-refractivity contribution < 1.29 is 13.2 Å². The lowest BCUT2D eigenvalue weighted by Gasteiger charge is -2.01. The molecule has 0 unspecified atom stereocenters. The van der Waals surface area contributed by atoms with Crippen molar-refractivity contribution in [3.8, 4) is 0 Å². The minimum atomic E-state index is -4.43. The van der Waals surface area contributed by atoms with Crippen LogP contribution >= 0.6 is 0 Å². The Kier molecular flexibility index (Phi) is 1.89. The standard InChI is InChI=1S/C9H8F3N3/c1-15-7-4-5(13)2-3-6(7)8(14-15)9(10,11)12/h2-4H,13H2,1H3. The number of alkyl halides is 3. The summed E-state index contributed by atoms with van der Waals surface area (Å²) in [7, 11) is 1.46. The van der Waals surface area contributed by atoms with Crippen LogP contribution in [0, 0.1) is 0 Å². The zero-order chi connectivity index (χ0) is 11.2. The first kappa shape index (κ1) is 9.82. The lowest BCUT2D eigenvalue weighted by atomic mass is 10.2. The van der Waals surface area contributed by atoms with Crippen molar-refractivity contribution in [3.05, 3.63) is 23.9 Å². The molecule has 0 radical (unpaired) electrons. The summed E-state index contributed by atoms with van der Waals surface area (Å²) in [6, 6.07) is 4.23. The van der Waals surface area contributed by atoms with Crippen molar-refractivity contribution in [1.82, 2.24) is 9.78 Å². The summed E-state index contributed by atoms with van der Waals surface area (Å²) < 4.78 is 38.7. The summed E-state index contributed by atoms with van der Waals surface area (Å²) in [5, 5.41) is 3.51. The molecule has 0 fully saturated rings. The van der Waals surface area contributed by atoms with E-state index >= 15 is 0 Å². The van der Waals surface area contributed by atoms with Gasteiger partial charge in [-0.25, -0.2) is 0 Å². The maximum absolute atomic E-state index is 12.5. The maximum atomic E-state index is 12.5. The molecule has 0 saturated heterocycles. The number of hydrogen-bond acceptors (Lipinski definition) is 2. The van der Waals surface area contributed by atoms with Crippen molar-refractivity contribution in [1.29, 1.82) is 0 Å². The van der Waals surface area contributed by atoms with E-state index in [0.29, 0.717) is 11.2 Å². The molecule has 0 aliphatic rings. The summed E-state index contributed by atoms with van der Waals surface area (Å²) in [5.74, 6) is 0. The molecule has 0 saturated carbocycles. The second kappa shape index (κ2) is 2.88. The van der Waals surface area contributed by atoms with E-state index in [2.05, 4.69) is 5.10 Å². The molecule has 6 heteroatoms. The number of aromatic nitrogens is 2. The Morgan fingerprint density at radius 2 is 2.00 bits per heavy atom. The number of nitrogens with two attached hydrogens (primary N) is 1. The fourth-order valence-electron chi connectivity index (χ4n) is 1.48. The molecule has 2 rings (SSSR count). The number of nitrogens with zero attached hydrogens (tertiary/aromatic N) is 2. The van der Waals surface area contributed by atoms with Crippen molar-refractivity contribution >= 4 is 16.6 Å². The molecule has 1 aromatic heterocycles. The Labute approximate surface area is 83.3 Å². The van der Waals surface area contributed by atoms with Crippen molar-refractivity contribution in [3.63, 3.8) is 0 Å². The predicted octanol–water partition coefficient (Wildman–Crippen LogP) is 2.17. The summed E-state index contributed by atoms with van der Waals surface area (Å²) in [6.45, 7) is 0. The highest BCUT2D eigenvalue weighted by Gasteiger charge is 2.36. The van der Waals surface area contributed by atoms with Gasteiger partial charge in [0.2, 0.25) is 0 Å². The fourth-order valence-corrected chi connectivity index (χ4v) is 1.48. The summed E-state index contributed by atoms with van der Waals surface area (Å²) >= 11 is 0. The third-order valence-corrected chi connectivity index (χ3v) is 2.14. The van der Waals surface area contributed by atoms with E-state index in [4.69, 9.17) is 5.73 Å². The van der Waals surface area contributed by atoms with Gasteiger partial charge in [-0.2, -0.15) is 18.3 Å². The molecule has 0 aliphatic carbocycles. The smallest absolute Gasteiger partial charge is 0.399 e. The van der Waals surface area contributed by atoms with Gasteiger partial charge in [0.1, 0.15) is 0 Å². The number of rotatable bonds is 0. The number of anilines is 1. The van der Waals surface area contributed by atoms with Crippen LogP contribution in [-0.4, -0.2) is 9.78 Å². The zero-order valence-corrected chi connectivity index (χ0v) is 7.84. The van der Waals surface area contributed by atoms with Gasteiger partial charge in [0.25, 0.3) is 0 Å². The van der Waals surface area contributed by atoms with Crippen LogP contribution in [0.4, 0.5) is 18.9 Å². The van der Waals surface area contributed by atoms with Crippen LogP contribution in [0.1, 0.15) is 5.69 Å². The van der Waals surface area contributed by atoms with E-state index in [0.717, 1.165) is 0 Å². The van der Waals surface area contributed by atoms with E-state index in [-0.39, 0.29) is 5.39 Å². The van der Waals surface area contributed by atoms with E-state index < -0.39 is 11.9 Å². The largest absolute Gasteiger partial charge is 0.435 e. The Morgan fingerprint density at radius 3 is 2.60 bits per heavy atom. The first-order chi connectivity index (χ1) is 6.89. The number of nitrogen functional groups attached to an aromatic ring is 1. The molecule has 3 nitrogen and oxygen atoms in total. The molecule has 1 aromatic carbocycles. The van der Waals surface area contributed by atoms with Gasteiger partial charge in [0, 0.05) is 18.1 Å². The number of hydrogen-bond donors (Lipinski definition) is 1. The zero-order valence-electron chi connectivity index (χ0n) is 7.84. The number of halogens is 3. The van der Waals surface area contributed by atoms with Crippen molar-refractivity contribution in [2.75, 3.05) is 5.73 Å². The van der Waals surface area contributed by atoms with Gasteiger partial charge in [-0.05, 0) is 18.2 Å². The first-order valence-electron chi connectivity index (χ1n) is 4.19. The Balaban J connectivity index is 2.79. The normalized spacial score (nSPS) is 12.3. The third kappa shape index (κ3) is 1.51. The second-order valence-electron chi connectivity index (χ2n) is 3.25. The van der Waals surface area contributed by atoms with Crippen molar-refractivity contribution in [2.45, 2.75) is 6.18 Å². The molecule has 2 N–H and O–H groups in total. The van der Waals surface area contributed by atoms with Gasteiger partial charge >= 0.3 is 6.18 Å². The summed E-state index contributed by atoms with van der Waals surface area (Å²) in [6.07, 6.45) is -4.43. The van der Waals surface area contributed by atoms with Crippen LogP contribution in [0.25, 0.3) is 10.9 Å². The highest BCUT2D eigenvalue weighted by molar-refractivity contribution is 5.85. The first-order valence-corrected chi connectivity index (χ1v) is 4.19. The average Bonchev–Trinajstić information content (AvgIpc) is 2.43. The van der Waals surface area contributed by atoms with Crippen LogP contribution in [0.2, 0.25) is 0 Å². The number of fused-ring (bicyclic) bond motifs is 1. The highest BCUT2D eigenvalue weighted by Crippen LogP contribution is 2.34. The van der Waals surface area contributed by atoms with Crippen LogP contribution < -0.4 is 5.73 Å². The van der Waals surface area contributed by atoms with Crippen LogP contribution in [0.3, 0.4) is 0 Å². The highest BCUT2D eigenvalue weighted by atomic mass is 19.4. The number of benzene rings is 1. The van der Waals surface area contributed by atoms with E-state index in [1.165, 1.54) is 29.9 Å². The van der Waals surface area contributed by atoms with Gasteiger partial charge in [0.05, 0.1) is 5.52 Å². The SMILES string of the molecule is Cn1nc(C(F)(F)F)c2ccc(N)cc21. The van der Waals surface area contributed by atoms with Crippen LogP contribution in [0.15, 0.2) is 18.2 Å². The molecule has 2 aromatic rings. The maximum Gasteiger partial charge on any atom is 0.435 e. The molecule has 0 atom stereocenters. The molecule has 80 valence electrons. The van der Waals surface area contributed by atoms with Crippen LogP contribution in [0.5, 0.6) is 0 Å². The Hall–Kier alpha value is -1.72. The average molecular weight is 215 g/mol. The van der Waals surface area contributed by atoms with E-state index in [1.807, 2.05) is 0 Å². The van der Waals surface area contributed by atoms with Gasteiger partial charge < -0.3 is 5.73 Å².